The molecule has 0 bridgehead atoms. The Hall–Kier alpha value is -9.92. The molecule has 0 saturated carbocycles. The number of anilines is 9. The lowest BCUT2D eigenvalue weighted by atomic mass is 9.33. The fraction of sp³-hybridized carbons (Fsp3) is 0.0294. The highest BCUT2D eigenvalue weighted by molar-refractivity contribution is 7.00. The molecule has 0 saturated heterocycles. The van der Waals surface area contributed by atoms with Crippen LogP contribution in [0.5, 0.6) is 0 Å². The summed E-state index contributed by atoms with van der Waals surface area (Å²) in [5.74, 6) is 0. The van der Waals surface area contributed by atoms with Gasteiger partial charge in [-0.05, 0) is 163 Å². The van der Waals surface area contributed by atoms with Gasteiger partial charge in [0.15, 0.2) is 0 Å². The molecular weight excluding hydrogens is 934 g/mol. The fourth-order valence-corrected chi connectivity index (χ4v) is 12.8. The molecule has 0 fully saturated rings. The Kier molecular flexibility index (Phi) is 8.38. The lowest BCUT2D eigenvalue weighted by molar-refractivity contribution is 0.668. The summed E-state index contributed by atoms with van der Waals surface area (Å²) >= 11 is 0. The van der Waals surface area contributed by atoms with Crippen LogP contribution < -0.4 is 31.1 Å². The molecular formula is C68H42BN3O4. The van der Waals surface area contributed by atoms with Crippen LogP contribution in [0.4, 0.5) is 51.2 Å². The standard InChI is InChI=1S/C68H42BN3O4/c1-39-13-11-15-41(29-39)70(42-16-12-14-40(2)30-42)45-33-58-68-59(34-45)72(44-26-28-65-51(32-44)47-18-4-8-22-61(47)74-65)57-36-53-49-20-6-10-24-63(49)76-67(53)38-55(57)69(68)54-37-66-52(48-19-5-9-23-62(48)75-66)35-56(54)71(58)43-25-27-64-50(31-43)46-17-3-7-21-60(46)73-64/h3-38H,1-2H3. The molecule has 0 amide bonds. The van der Waals surface area contributed by atoms with Crippen LogP contribution in [0.2, 0.25) is 0 Å². The maximum atomic E-state index is 6.83. The molecule has 0 aliphatic carbocycles. The van der Waals surface area contributed by atoms with E-state index in [4.69, 9.17) is 17.7 Å². The number of para-hydroxylation sites is 4. The van der Waals surface area contributed by atoms with Gasteiger partial charge in [0.25, 0.3) is 6.71 Å². The van der Waals surface area contributed by atoms with Crippen LogP contribution in [0.15, 0.2) is 236 Å². The Balaban J connectivity index is 1.05. The highest BCUT2D eigenvalue weighted by Gasteiger charge is 2.45. The van der Waals surface area contributed by atoms with Gasteiger partial charge in [-0.3, -0.25) is 0 Å². The van der Waals surface area contributed by atoms with Crippen molar-refractivity contribution < 1.29 is 17.7 Å². The van der Waals surface area contributed by atoms with Crippen molar-refractivity contribution in [2.24, 2.45) is 0 Å². The first kappa shape index (κ1) is 41.5. The fourth-order valence-electron chi connectivity index (χ4n) is 12.8. The van der Waals surface area contributed by atoms with Crippen molar-refractivity contribution in [3.63, 3.8) is 0 Å². The summed E-state index contributed by atoms with van der Waals surface area (Å²) in [7, 11) is 0. The topological polar surface area (TPSA) is 62.3 Å². The quantitative estimate of drug-likeness (QED) is 0.159. The summed E-state index contributed by atoms with van der Waals surface area (Å²) < 4.78 is 26.7. The molecule has 6 heterocycles. The summed E-state index contributed by atoms with van der Waals surface area (Å²) in [6, 6.07) is 78.6. The van der Waals surface area contributed by atoms with Crippen LogP contribution in [0, 0.1) is 13.8 Å². The second kappa shape index (κ2) is 15.3. The van der Waals surface area contributed by atoms with E-state index in [-0.39, 0.29) is 6.71 Å². The number of rotatable bonds is 5. The van der Waals surface area contributed by atoms with Gasteiger partial charge < -0.3 is 32.4 Å². The lowest BCUT2D eigenvalue weighted by Gasteiger charge is -2.45. The zero-order valence-electron chi connectivity index (χ0n) is 41.3. The van der Waals surface area contributed by atoms with Gasteiger partial charge in [0, 0.05) is 88.6 Å². The van der Waals surface area contributed by atoms with Crippen molar-refractivity contribution >= 4 is 162 Å². The predicted octanol–water partition coefficient (Wildman–Crippen LogP) is 17.5. The molecule has 2 aliphatic rings. The number of aryl methyl sites for hydroxylation is 2. The van der Waals surface area contributed by atoms with Gasteiger partial charge in [-0.1, -0.05) is 97.1 Å². The summed E-state index contributed by atoms with van der Waals surface area (Å²) in [5.41, 5.74) is 22.0. The first-order valence-corrected chi connectivity index (χ1v) is 25.9. The van der Waals surface area contributed by atoms with Crippen molar-refractivity contribution in [3.05, 3.63) is 230 Å². The van der Waals surface area contributed by atoms with Gasteiger partial charge in [-0.25, -0.2) is 0 Å². The minimum atomic E-state index is -0.255. The molecule has 7 nitrogen and oxygen atoms in total. The third-order valence-corrected chi connectivity index (χ3v) is 16.1. The number of fused-ring (bicyclic) bond motifs is 16. The minimum Gasteiger partial charge on any atom is -0.456 e. The van der Waals surface area contributed by atoms with E-state index in [0.717, 1.165) is 155 Å². The molecule has 17 rings (SSSR count). The van der Waals surface area contributed by atoms with E-state index in [9.17, 15) is 0 Å². The largest absolute Gasteiger partial charge is 0.456 e. The second-order valence-electron chi connectivity index (χ2n) is 20.6. The van der Waals surface area contributed by atoms with E-state index in [2.05, 4.69) is 223 Å². The van der Waals surface area contributed by atoms with Gasteiger partial charge in [0.05, 0.1) is 5.69 Å². The van der Waals surface area contributed by atoms with Crippen molar-refractivity contribution in [1.82, 2.24) is 0 Å². The van der Waals surface area contributed by atoms with Gasteiger partial charge >= 0.3 is 0 Å². The summed E-state index contributed by atoms with van der Waals surface area (Å²) in [5, 5.41) is 8.51. The first-order valence-electron chi connectivity index (χ1n) is 25.9. The Labute approximate surface area is 435 Å². The van der Waals surface area contributed by atoms with Gasteiger partial charge in [0.1, 0.15) is 44.7 Å². The predicted molar refractivity (Wildman–Crippen MR) is 314 cm³/mol. The van der Waals surface area contributed by atoms with Crippen LogP contribution in [0.1, 0.15) is 11.1 Å². The third kappa shape index (κ3) is 5.89. The normalized spacial score (nSPS) is 13.1. The van der Waals surface area contributed by atoms with E-state index in [1.54, 1.807) is 0 Å². The van der Waals surface area contributed by atoms with E-state index >= 15 is 0 Å². The molecule has 15 aromatic rings. The Morgan fingerprint density at radius 2 is 0.684 bits per heavy atom. The molecule has 2 aliphatic heterocycles. The number of nitrogens with zero attached hydrogens (tertiary/aromatic N) is 3. The lowest BCUT2D eigenvalue weighted by Crippen LogP contribution is -2.61. The Morgan fingerprint density at radius 1 is 0.303 bits per heavy atom. The monoisotopic (exact) mass is 975 g/mol. The van der Waals surface area contributed by atoms with E-state index in [1.807, 2.05) is 24.3 Å². The zero-order chi connectivity index (χ0) is 49.9. The number of hydrogen-bond acceptors (Lipinski definition) is 7. The van der Waals surface area contributed by atoms with Gasteiger partial charge in [-0.2, -0.15) is 0 Å². The van der Waals surface area contributed by atoms with Gasteiger partial charge in [-0.15, -0.1) is 0 Å². The second-order valence-corrected chi connectivity index (χ2v) is 20.6. The van der Waals surface area contributed by atoms with Crippen LogP contribution in [0.25, 0.3) is 87.8 Å². The molecule has 0 N–H and O–H groups in total. The van der Waals surface area contributed by atoms with Gasteiger partial charge in [0.2, 0.25) is 0 Å². The first-order chi connectivity index (χ1) is 37.5. The third-order valence-electron chi connectivity index (χ3n) is 16.1. The molecule has 11 aromatic carbocycles. The highest BCUT2D eigenvalue weighted by Crippen LogP contribution is 2.51. The molecule has 356 valence electrons. The molecule has 76 heavy (non-hydrogen) atoms. The highest BCUT2D eigenvalue weighted by atomic mass is 16.3. The number of furan rings is 4. The van der Waals surface area contributed by atoms with Crippen LogP contribution in [-0.2, 0) is 0 Å². The summed E-state index contributed by atoms with van der Waals surface area (Å²) in [4.78, 5) is 7.42. The minimum absolute atomic E-state index is 0.255. The van der Waals surface area contributed by atoms with Crippen LogP contribution >= 0.6 is 0 Å². The molecule has 0 radical (unpaired) electrons. The van der Waals surface area contributed by atoms with Crippen molar-refractivity contribution in [2.45, 2.75) is 13.8 Å². The Morgan fingerprint density at radius 3 is 1.11 bits per heavy atom. The van der Waals surface area contributed by atoms with E-state index in [0.29, 0.717) is 0 Å². The SMILES string of the molecule is Cc1cccc(N(c2cccc(C)c2)c2cc3c4c(c2)N(c2ccc5oc6ccccc6c5c2)c2cc5c(cc2B4c2cc4oc6ccccc6c4cc2N3c2ccc3oc4ccccc4c3c2)oc2ccccc25)c1. The average Bonchev–Trinajstić information content (AvgIpc) is 4.34. The molecule has 0 spiro atoms. The van der Waals surface area contributed by atoms with Crippen LogP contribution in [0.3, 0.4) is 0 Å². The summed E-state index contributed by atoms with van der Waals surface area (Å²) in [6.45, 7) is 4.08. The molecule has 4 aromatic heterocycles. The maximum absolute atomic E-state index is 6.83. The molecule has 0 unspecified atom stereocenters. The zero-order valence-corrected chi connectivity index (χ0v) is 41.3. The molecule has 8 heteroatoms. The Bertz CT molecular complexity index is 4670. The number of hydrogen-bond donors (Lipinski definition) is 0. The van der Waals surface area contributed by atoms with E-state index < -0.39 is 0 Å². The maximum Gasteiger partial charge on any atom is 0.252 e. The number of benzene rings is 11. The van der Waals surface area contributed by atoms with Crippen LogP contribution in [-0.4, -0.2) is 6.71 Å². The summed E-state index contributed by atoms with van der Waals surface area (Å²) in [6.07, 6.45) is 0. The average molecular weight is 976 g/mol. The van der Waals surface area contributed by atoms with E-state index in [1.165, 1.54) is 11.1 Å². The van der Waals surface area contributed by atoms with Crippen molar-refractivity contribution in [1.29, 1.82) is 0 Å². The van der Waals surface area contributed by atoms with Crippen molar-refractivity contribution in [2.75, 3.05) is 14.7 Å². The smallest absolute Gasteiger partial charge is 0.252 e. The molecule has 0 atom stereocenters. The van der Waals surface area contributed by atoms with Crippen molar-refractivity contribution in [3.8, 4) is 0 Å².